The molecule has 0 aliphatic rings. The van der Waals surface area contributed by atoms with Crippen molar-refractivity contribution in [1.82, 2.24) is 0 Å². The fourth-order valence-electron chi connectivity index (χ4n) is 1.39. The van der Waals surface area contributed by atoms with Gasteiger partial charge in [0.05, 0.1) is 19.8 Å². The van der Waals surface area contributed by atoms with Crippen molar-refractivity contribution in [2.75, 3.05) is 39.5 Å². The van der Waals surface area contributed by atoms with Crippen molar-refractivity contribution in [3.05, 3.63) is 0 Å². The molecule has 0 aromatic heterocycles. The van der Waals surface area contributed by atoms with E-state index in [4.69, 9.17) is 20.9 Å². The van der Waals surface area contributed by atoms with Crippen LogP contribution in [0.2, 0.25) is 0 Å². The van der Waals surface area contributed by atoms with Gasteiger partial charge in [-0.3, -0.25) is 0 Å². The van der Waals surface area contributed by atoms with E-state index in [9.17, 15) is 0 Å². The first kappa shape index (κ1) is 15.8. The van der Waals surface area contributed by atoms with Gasteiger partial charge >= 0.3 is 0 Å². The van der Waals surface area contributed by atoms with Crippen molar-refractivity contribution in [2.24, 2.45) is 17.4 Å². The Morgan fingerprint density at radius 2 is 1.75 bits per heavy atom. The van der Waals surface area contributed by atoms with Crippen LogP contribution in [-0.2, 0) is 9.47 Å². The van der Waals surface area contributed by atoms with Gasteiger partial charge in [-0.25, -0.2) is 0 Å². The first-order chi connectivity index (χ1) is 7.85. The second-order valence-corrected chi connectivity index (χ2v) is 4.07. The molecule has 0 radical (unpaired) electrons. The van der Waals surface area contributed by atoms with Gasteiger partial charge in [0.1, 0.15) is 0 Å². The average molecular weight is 232 g/mol. The third-order valence-electron chi connectivity index (χ3n) is 2.52. The molecule has 0 rings (SSSR count). The maximum Gasteiger partial charge on any atom is 0.0700 e. The molecule has 4 nitrogen and oxygen atoms in total. The molecule has 1 atom stereocenters. The quantitative estimate of drug-likeness (QED) is 0.495. The molecule has 4 heteroatoms. The summed E-state index contributed by atoms with van der Waals surface area (Å²) in [6.07, 6.45) is 4.39. The van der Waals surface area contributed by atoms with E-state index >= 15 is 0 Å². The summed E-state index contributed by atoms with van der Waals surface area (Å²) in [4.78, 5) is 0. The van der Waals surface area contributed by atoms with E-state index in [1.54, 1.807) is 0 Å². The Kier molecular flexibility index (Phi) is 12.8. The van der Waals surface area contributed by atoms with Gasteiger partial charge in [-0.1, -0.05) is 13.3 Å². The van der Waals surface area contributed by atoms with E-state index in [0.29, 0.717) is 25.7 Å². The van der Waals surface area contributed by atoms with Crippen LogP contribution < -0.4 is 11.5 Å². The van der Waals surface area contributed by atoms with Gasteiger partial charge in [0.15, 0.2) is 0 Å². The van der Waals surface area contributed by atoms with Gasteiger partial charge in [0.2, 0.25) is 0 Å². The van der Waals surface area contributed by atoms with Crippen LogP contribution in [0.4, 0.5) is 0 Å². The molecule has 16 heavy (non-hydrogen) atoms. The lowest BCUT2D eigenvalue weighted by atomic mass is 10.1. The Balaban J connectivity index is 3.20. The zero-order chi connectivity index (χ0) is 12.1. The highest BCUT2D eigenvalue weighted by molar-refractivity contribution is 4.59. The normalized spacial score (nSPS) is 12.9. The molecule has 0 aromatic carbocycles. The van der Waals surface area contributed by atoms with Crippen LogP contribution in [0.3, 0.4) is 0 Å². The van der Waals surface area contributed by atoms with E-state index in [0.717, 1.165) is 39.0 Å². The SMILES string of the molecule is CCCCOCCOCC(CN)CCCN. The smallest absolute Gasteiger partial charge is 0.0700 e. The number of hydrogen-bond acceptors (Lipinski definition) is 4. The van der Waals surface area contributed by atoms with Crippen molar-refractivity contribution in [1.29, 1.82) is 0 Å². The molecular weight excluding hydrogens is 204 g/mol. The Hall–Kier alpha value is -0.160. The highest BCUT2D eigenvalue weighted by Gasteiger charge is 2.05. The molecule has 0 bridgehead atoms. The van der Waals surface area contributed by atoms with Gasteiger partial charge in [-0.15, -0.1) is 0 Å². The summed E-state index contributed by atoms with van der Waals surface area (Å²) in [6.45, 7) is 6.49. The summed E-state index contributed by atoms with van der Waals surface area (Å²) in [6, 6.07) is 0. The second kappa shape index (κ2) is 12.9. The molecule has 0 spiro atoms. The Bertz CT molecular complexity index is 134. The second-order valence-electron chi connectivity index (χ2n) is 4.07. The minimum Gasteiger partial charge on any atom is -0.379 e. The van der Waals surface area contributed by atoms with Crippen LogP contribution >= 0.6 is 0 Å². The molecular formula is C12H28N2O2. The van der Waals surface area contributed by atoms with E-state index in [2.05, 4.69) is 6.92 Å². The molecule has 98 valence electrons. The summed E-state index contributed by atoms with van der Waals surface area (Å²) < 4.78 is 10.9. The van der Waals surface area contributed by atoms with Gasteiger partial charge in [0, 0.05) is 6.61 Å². The summed E-state index contributed by atoms with van der Waals surface area (Å²) in [5.41, 5.74) is 11.1. The number of rotatable bonds is 12. The van der Waals surface area contributed by atoms with Crippen LogP contribution in [0.25, 0.3) is 0 Å². The highest BCUT2D eigenvalue weighted by Crippen LogP contribution is 2.04. The predicted octanol–water partition coefficient (Wildman–Crippen LogP) is 1.13. The molecule has 0 amide bonds. The van der Waals surface area contributed by atoms with Crippen LogP contribution in [0, 0.1) is 5.92 Å². The van der Waals surface area contributed by atoms with E-state index < -0.39 is 0 Å². The van der Waals surface area contributed by atoms with Crippen LogP contribution in [-0.4, -0.2) is 39.5 Å². The minimum atomic E-state index is 0.444. The highest BCUT2D eigenvalue weighted by atomic mass is 16.5. The fraction of sp³-hybridized carbons (Fsp3) is 1.00. The van der Waals surface area contributed by atoms with E-state index in [1.165, 1.54) is 6.42 Å². The lowest BCUT2D eigenvalue weighted by molar-refractivity contribution is 0.0323. The number of unbranched alkanes of at least 4 members (excludes halogenated alkanes) is 1. The lowest BCUT2D eigenvalue weighted by Gasteiger charge is -2.14. The monoisotopic (exact) mass is 232 g/mol. The standard InChI is InChI=1S/C12H28N2O2/c1-2-3-7-15-8-9-16-11-12(10-14)5-4-6-13/h12H,2-11,13-14H2,1H3. The lowest BCUT2D eigenvalue weighted by Crippen LogP contribution is -2.22. The summed E-state index contributed by atoms with van der Waals surface area (Å²) >= 11 is 0. The zero-order valence-corrected chi connectivity index (χ0v) is 10.6. The van der Waals surface area contributed by atoms with Gasteiger partial charge in [-0.2, -0.15) is 0 Å². The van der Waals surface area contributed by atoms with Gasteiger partial charge in [-0.05, 0) is 38.3 Å². The largest absolute Gasteiger partial charge is 0.379 e. The maximum atomic E-state index is 5.64. The van der Waals surface area contributed by atoms with Crippen LogP contribution in [0.15, 0.2) is 0 Å². The minimum absolute atomic E-state index is 0.444. The van der Waals surface area contributed by atoms with Crippen molar-refractivity contribution < 1.29 is 9.47 Å². The maximum absolute atomic E-state index is 5.64. The molecule has 0 fully saturated rings. The van der Waals surface area contributed by atoms with E-state index in [-0.39, 0.29) is 0 Å². The summed E-state index contributed by atoms with van der Waals surface area (Å²) in [7, 11) is 0. The fourth-order valence-corrected chi connectivity index (χ4v) is 1.39. The van der Waals surface area contributed by atoms with Crippen molar-refractivity contribution >= 4 is 0 Å². The molecule has 0 aromatic rings. The number of nitrogens with two attached hydrogens (primary N) is 2. The molecule has 0 aliphatic carbocycles. The molecule has 1 unspecified atom stereocenters. The summed E-state index contributed by atoms with van der Waals surface area (Å²) in [5.74, 6) is 0.444. The number of ether oxygens (including phenoxy) is 2. The third-order valence-corrected chi connectivity index (χ3v) is 2.52. The Labute approximate surface area is 99.7 Å². The third kappa shape index (κ3) is 10.4. The first-order valence-electron chi connectivity index (χ1n) is 6.40. The van der Waals surface area contributed by atoms with Crippen molar-refractivity contribution in [2.45, 2.75) is 32.6 Å². The molecule has 0 aliphatic heterocycles. The van der Waals surface area contributed by atoms with Crippen molar-refractivity contribution in [3.8, 4) is 0 Å². The molecule has 0 heterocycles. The number of hydrogen-bond donors (Lipinski definition) is 2. The van der Waals surface area contributed by atoms with Gasteiger partial charge in [0.25, 0.3) is 0 Å². The van der Waals surface area contributed by atoms with Gasteiger partial charge < -0.3 is 20.9 Å². The Morgan fingerprint density at radius 3 is 2.38 bits per heavy atom. The molecule has 0 saturated carbocycles. The Morgan fingerprint density at radius 1 is 1.00 bits per heavy atom. The predicted molar refractivity (Wildman–Crippen MR) is 67.4 cm³/mol. The van der Waals surface area contributed by atoms with E-state index in [1.807, 2.05) is 0 Å². The topological polar surface area (TPSA) is 70.5 Å². The average Bonchev–Trinajstić information content (AvgIpc) is 2.32. The van der Waals surface area contributed by atoms with Crippen molar-refractivity contribution in [3.63, 3.8) is 0 Å². The van der Waals surface area contributed by atoms with Crippen LogP contribution in [0.5, 0.6) is 0 Å². The molecule has 4 N–H and O–H groups in total. The molecule has 0 saturated heterocycles. The zero-order valence-electron chi connectivity index (χ0n) is 10.6. The first-order valence-corrected chi connectivity index (χ1v) is 6.40. The summed E-state index contributed by atoms with van der Waals surface area (Å²) in [5, 5.41) is 0. The van der Waals surface area contributed by atoms with Crippen LogP contribution in [0.1, 0.15) is 32.6 Å².